The summed E-state index contributed by atoms with van der Waals surface area (Å²) in [5.74, 6) is -3.14. The standard InChI is InChI=1S/C34H50N2O10S/c1-31(2,3)26(38)42-18-20-21(44-27(39)32(4,5)6)22(45-28(40)33(7,8)9)23(46-29(41)34(10,11)12)25(43-20)36-30(47)35-24(37)19-16-14-13-15-17-19/h13-17,20-23,25H,18H2,1-12H3,(H2,35,36,37,47)/t20-,21-,22+,23-,25-/m1/s1. The Balaban J connectivity index is 2.65. The lowest BCUT2D eigenvalue weighted by Crippen LogP contribution is -2.67. The van der Waals surface area contributed by atoms with Gasteiger partial charge in [0.15, 0.2) is 29.7 Å². The van der Waals surface area contributed by atoms with Crippen molar-refractivity contribution in [2.75, 3.05) is 6.61 Å². The molecule has 12 nitrogen and oxygen atoms in total. The van der Waals surface area contributed by atoms with Gasteiger partial charge < -0.3 is 29.0 Å². The van der Waals surface area contributed by atoms with Crippen molar-refractivity contribution in [3.05, 3.63) is 35.9 Å². The van der Waals surface area contributed by atoms with Crippen LogP contribution in [0.5, 0.6) is 0 Å². The third-order valence-electron chi connectivity index (χ3n) is 6.73. The van der Waals surface area contributed by atoms with Crippen molar-refractivity contribution in [3.8, 4) is 0 Å². The lowest BCUT2D eigenvalue weighted by Gasteiger charge is -2.46. The van der Waals surface area contributed by atoms with Crippen LogP contribution in [0.3, 0.4) is 0 Å². The Hall–Kier alpha value is -3.58. The molecule has 0 aliphatic carbocycles. The second-order valence-corrected chi connectivity index (χ2v) is 16.0. The number of esters is 4. The van der Waals surface area contributed by atoms with Crippen LogP contribution in [0.25, 0.3) is 0 Å². The number of amides is 1. The highest BCUT2D eigenvalue weighted by atomic mass is 32.1. The van der Waals surface area contributed by atoms with Crippen LogP contribution in [-0.2, 0) is 42.9 Å². The summed E-state index contributed by atoms with van der Waals surface area (Å²) in [5, 5.41) is 5.21. The van der Waals surface area contributed by atoms with E-state index in [1.165, 1.54) is 0 Å². The Morgan fingerprint density at radius 2 is 1.09 bits per heavy atom. The quantitative estimate of drug-likeness (QED) is 0.237. The van der Waals surface area contributed by atoms with Crippen molar-refractivity contribution in [2.45, 2.75) is 114 Å². The van der Waals surface area contributed by atoms with Crippen LogP contribution < -0.4 is 10.6 Å². The van der Waals surface area contributed by atoms with Gasteiger partial charge in [0.25, 0.3) is 5.91 Å². The van der Waals surface area contributed by atoms with E-state index in [1.54, 1.807) is 113 Å². The summed E-state index contributed by atoms with van der Waals surface area (Å²) in [6.07, 6.45) is -6.92. The molecule has 1 aliphatic rings. The Morgan fingerprint density at radius 3 is 1.53 bits per heavy atom. The van der Waals surface area contributed by atoms with E-state index in [0.717, 1.165) is 0 Å². The Bertz CT molecular complexity index is 1320. The molecule has 1 saturated heterocycles. The van der Waals surface area contributed by atoms with Crippen molar-refractivity contribution < 1.29 is 47.7 Å². The average molecular weight is 679 g/mol. The van der Waals surface area contributed by atoms with Crippen molar-refractivity contribution in [1.82, 2.24) is 10.6 Å². The molecular weight excluding hydrogens is 628 g/mol. The number of rotatable bonds is 7. The highest BCUT2D eigenvalue weighted by Crippen LogP contribution is 2.33. The van der Waals surface area contributed by atoms with Crippen LogP contribution >= 0.6 is 12.2 Å². The predicted octanol–water partition coefficient (Wildman–Crippen LogP) is 4.48. The maximum Gasteiger partial charge on any atom is 0.311 e. The average Bonchev–Trinajstić information content (AvgIpc) is 2.92. The van der Waals surface area contributed by atoms with E-state index in [4.69, 9.17) is 35.9 Å². The Kier molecular flexibility index (Phi) is 12.7. The molecule has 1 fully saturated rings. The summed E-state index contributed by atoms with van der Waals surface area (Å²) in [7, 11) is 0. The van der Waals surface area contributed by atoms with E-state index in [1.807, 2.05) is 0 Å². The first-order chi connectivity index (χ1) is 21.3. The van der Waals surface area contributed by atoms with E-state index in [9.17, 15) is 24.0 Å². The van der Waals surface area contributed by atoms with Crippen LogP contribution in [0.15, 0.2) is 30.3 Å². The fraction of sp³-hybridized carbons (Fsp3) is 0.647. The highest BCUT2D eigenvalue weighted by molar-refractivity contribution is 7.80. The maximum atomic E-state index is 13.4. The molecule has 262 valence electrons. The SMILES string of the molecule is CC(C)(C)C(=O)OC[C@H]1O[C@@H](NC(=S)NC(=O)c2ccccc2)[C@H](OC(=O)C(C)(C)C)[C@@H](OC(=O)C(C)(C)C)[C@@H]1OC(=O)C(C)(C)C. The van der Waals surface area contributed by atoms with E-state index in [-0.39, 0.29) is 5.11 Å². The largest absolute Gasteiger partial charge is 0.462 e. The number of thiocarbonyl (C=S) groups is 1. The minimum atomic E-state index is -1.46. The van der Waals surface area contributed by atoms with Crippen molar-refractivity contribution >= 4 is 47.1 Å². The van der Waals surface area contributed by atoms with Crippen molar-refractivity contribution in [1.29, 1.82) is 0 Å². The first-order valence-corrected chi connectivity index (χ1v) is 15.9. The van der Waals surface area contributed by atoms with Crippen molar-refractivity contribution in [2.24, 2.45) is 21.7 Å². The smallest absolute Gasteiger partial charge is 0.311 e. The molecule has 1 heterocycles. The number of nitrogens with one attached hydrogen (secondary N) is 2. The molecule has 0 aromatic heterocycles. The van der Waals surface area contributed by atoms with Gasteiger partial charge >= 0.3 is 23.9 Å². The zero-order valence-electron chi connectivity index (χ0n) is 29.5. The van der Waals surface area contributed by atoms with Gasteiger partial charge in [-0.05, 0) is 107 Å². The van der Waals surface area contributed by atoms with Gasteiger partial charge in [0.05, 0.1) is 21.7 Å². The van der Waals surface area contributed by atoms with E-state index >= 15 is 0 Å². The molecule has 0 bridgehead atoms. The second kappa shape index (κ2) is 15.1. The summed E-state index contributed by atoms with van der Waals surface area (Å²) >= 11 is 5.44. The molecule has 13 heteroatoms. The third kappa shape index (κ3) is 11.6. The molecule has 5 atom stereocenters. The first-order valence-electron chi connectivity index (χ1n) is 15.4. The molecule has 1 aromatic carbocycles. The lowest BCUT2D eigenvalue weighted by molar-refractivity contribution is -0.262. The van der Waals surface area contributed by atoms with Gasteiger partial charge in [-0.1, -0.05) is 18.2 Å². The predicted molar refractivity (Wildman–Crippen MR) is 177 cm³/mol. The van der Waals surface area contributed by atoms with E-state index in [2.05, 4.69) is 10.6 Å². The highest BCUT2D eigenvalue weighted by Gasteiger charge is 2.55. The zero-order chi connectivity index (χ0) is 36.1. The molecule has 0 spiro atoms. The van der Waals surface area contributed by atoms with Crippen LogP contribution in [0.2, 0.25) is 0 Å². The normalized spacial score (nSPS) is 21.9. The fourth-order valence-corrected chi connectivity index (χ4v) is 3.98. The maximum absolute atomic E-state index is 13.4. The molecule has 1 aliphatic heterocycles. The van der Waals surface area contributed by atoms with Gasteiger partial charge in [0.2, 0.25) is 0 Å². The molecule has 0 radical (unpaired) electrons. The molecule has 0 saturated carbocycles. The molecule has 0 unspecified atom stereocenters. The molecule has 1 amide bonds. The second-order valence-electron chi connectivity index (χ2n) is 15.6. The monoisotopic (exact) mass is 678 g/mol. The molecule has 1 aromatic rings. The summed E-state index contributed by atoms with van der Waals surface area (Å²) in [6.45, 7) is 19.3. The number of benzene rings is 1. The summed E-state index contributed by atoms with van der Waals surface area (Å²) in [6, 6.07) is 8.33. The van der Waals surface area contributed by atoms with Crippen LogP contribution in [0, 0.1) is 21.7 Å². The van der Waals surface area contributed by atoms with Gasteiger partial charge in [-0.15, -0.1) is 0 Å². The topological polar surface area (TPSA) is 156 Å². The molecule has 2 rings (SSSR count). The Morgan fingerprint density at radius 1 is 0.660 bits per heavy atom. The summed E-state index contributed by atoms with van der Waals surface area (Å²) < 4.78 is 29.7. The summed E-state index contributed by atoms with van der Waals surface area (Å²) in [4.78, 5) is 65.7. The van der Waals surface area contributed by atoms with E-state index in [0.29, 0.717) is 5.56 Å². The van der Waals surface area contributed by atoms with Crippen LogP contribution in [0.4, 0.5) is 0 Å². The minimum absolute atomic E-state index is 0.197. The fourth-order valence-electron chi connectivity index (χ4n) is 3.78. The van der Waals surface area contributed by atoms with Crippen LogP contribution in [-0.4, -0.2) is 72.1 Å². The number of hydrogen-bond acceptors (Lipinski definition) is 11. The van der Waals surface area contributed by atoms with Crippen LogP contribution in [0.1, 0.15) is 93.4 Å². The van der Waals surface area contributed by atoms with Gasteiger partial charge in [-0.25, -0.2) is 0 Å². The lowest BCUT2D eigenvalue weighted by atomic mass is 9.92. The first kappa shape index (κ1) is 39.6. The van der Waals surface area contributed by atoms with Gasteiger partial charge in [-0.2, -0.15) is 0 Å². The molecule has 2 N–H and O–H groups in total. The molecule has 47 heavy (non-hydrogen) atoms. The van der Waals surface area contributed by atoms with Gasteiger partial charge in [0, 0.05) is 5.56 Å². The summed E-state index contributed by atoms with van der Waals surface area (Å²) in [5.41, 5.74) is -3.58. The van der Waals surface area contributed by atoms with E-state index < -0.39 is 88.7 Å². The minimum Gasteiger partial charge on any atom is -0.462 e. The third-order valence-corrected chi connectivity index (χ3v) is 6.95. The number of ether oxygens (including phenoxy) is 5. The number of carbonyl (C=O) groups excluding carboxylic acids is 5. The number of carbonyl (C=O) groups is 5. The molecular formula is C34H50N2O10S. The van der Waals surface area contributed by atoms with Gasteiger partial charge in [-0.3, -0.25) is 29.3 Å². The zero-order valence-corrected chi connectivity index (χ0v) is 30.3. The Labute approximate surface area is 282 Å². The number of hydrogen-bond donors (Lipinski definition) is 2. The van der Waals surface area contributed by atoms with Crippen molar-refractivity contribution in [3.63, 3.8) is 0 Å². The van der Waals surface area contributed by atoms with Gasteiger partial charge in [0.1, 0.15) is 12.7 Å².